The summed E-state index contributed by atoms with van der Waals surface area (Å²) in [5.74, 6) is 1.32. The number of rotatable bonds is 4. The normalized spacial score (nSPS) is 11.3. The standard InChI is InChI=1S/C15H18Cl2N2/c1-4-5-18-15-11(9(2)3)8-12-13(17)6-10(16)7-14(12)19-15/h6-9H,4-5H2,1-3H3,(H,18,19). The Bertz CT molecular complexity index is 594. The average molecular weight is 297 g/mol. The molecule has 1 aromatic heterocycles. The molecule has 1 aromatic carbocycles. The van der Waals surface area contributed by atoms with Crippen molar-refractivity contribution in [3.05, 3.63) is 33.8 Å². The predicted octanol–water partition coefficient (Wildman–Crippen LogP) is 5.49. The summed E-state index contributed by atoms with van der Waals surface area (Å²) in [5.41, 5.74) is 2.02. The predicted molar refractivity (Wildman–Crippen MR) is 84.6 cm³/mol. The second kappa shape index (κ2) is 5.98. The van der Waals surface area contributed by atoms with Crippen molar-refractivity contribution in [1.82, 2.24) is 4.98 Å². The van der Waals surface area contributed by atoms with Gasteiger partial charge in [0.05, 0.1) is 10.5 Å². The van der Waals surface area contributed by atoms with Crippen molar-refractivity contribution in [2.45, 2.75) is 33.1 Å². The molecule has 0 radical (unpaired) electrons. The Labute approximate surface area is 124 Å². The minimum absolute atomic E-state index is 0.392. The van der Waals surface area contributed by atoms with Crippen molar-refractivity contribution in [2.24, 2.45) is 0 Å². The van der Waals surface area contributed by atoms with Gasteiger partial charge in [-0.25, -0.2) is 4.98 Å². The highest BCUT2D eigenvalue weighted by Gasteiger charge is 2.12. The van der Waals surface area contributed by atoms with Crippen LogP contribution in [-0.4, -0.2) is 11.5 Å². The molecule has 2 rings (SSSR count). The number of hydrogen-bond acceptors (Lipinski definition) is 2. The summed E-state index contributed by atoms with van der Waals surface area (Å²) in [6.07, 6.45) is 1.06. The molecule has 1 N–H and O–H groups in total. The van der Waals surface area contributed by atoms with Crippen molar-refractivity contribution in [2.75, 3.05) is 11.9 Å². The first-order valence-corrected chi connectivity index (χ1v) is 7.32. The number of anilines is 1. The van der Waals surface area contributed by atoms with E-state index in [1.165, 1.54) is 5.56 Å². The monoisotopic (exact) mass is 296 g/mol. The molecule has 2 aromatic rings. The molecule has 4 heteroatoms. The molecule has 102 valence electrons. The quantitative estimate of drug-likeness (QED) is 0.807. The van der Waals surface area contributed by atoms with Crippen molar-refractivity contribution < 1.29 is 0 Å². The average Bonchev–Trinajstić information content (AvgIpc) is 2.34. The van der Waals surface area contributed by atoms with Crippen molar-refractivity contribution >= 4 is 39.9 Å². The largest absolute Gasteiger partial charge is 0.370 e. The third-order valence-electron chi connectivity index (χ3n) is 3.04. The van der Waals surface area contributed by atoms with Gasteiger partial charge in [0, 0.05) is 17.0 Å². The Morgan fingerprint density at radius 1 is 1.21 bits per heavy atom. The molecular weight excluding hydrogens is 279 g/mol. The lowest BCUT2D eigenvalue weighted by Gasteiger charge is -2.15. The van der Waals surface area contributed by atoms with E-state index in [1.807, 2.05) is 6.07 Å². The summed E-state index contributed by atoms with van der Waals surface area (Å²) >= 11 is 12.3. The Hall–Kier alpha value is -0.990. The minimum Gasteiger partial charge on any atom is -0.370 e. The lowest BCUT2D eigenvalue weighted by molar-refractivity contribution is 0.856. The van der Waals surface area contributed by atoms with E-state index in [1.54, 1.807) is 6.07 Å². The first-order valence-electron chi connectivity index (χ1n) is 6.56. The fourth-order valence-corrected chi connectivity index (χ4v) is 2.58. The fourth-order valence-electron chi connectivity index (χ4n) is 2.04. The van der Waals surface area contributed by atoms with Crippen LogP contribution in [-0.2, 0) is 0 Å². The van der Waals surface area contributed by atoms with E-state index in [-0.39, 0.29) is 0 Å². The molecule has 0 atom stereocenters. The second-order valence-electron chi connectivity index (χ2n) is 4.96. The SMILES string of the molecule is CCCNc1nc2cc(Cl)cc(Cl)c2cc1C(C)C. The van der Waals surface area contributed by atoms with Gasteiger partial charge in [0.2, 0.25) is 0 Å². The summed E-state index contributed by atoms with van der Waals surface area (Å²) in [6.45, 7) is 7.36. The van der Waals surface area contributed by atoms with E-state index in [0.717, 1.165) is 29.7 Å². The first-order chi connectivity index (χ1) is 9.02. The molecular formula is C15H18Cl2N2. The molecule has 0 aliphatic rings. The highest BCUT2D eigenvalue weighted by molar-refractivity contribution is 6.38. The molecule has 0 fully saturated rings. The molecule has 0 unspecified atom stereocenters. The Morgan fingerprint density at radius 3 is 2.58 bits per heavy atom. The number of aromatic nitrogens is 1. The van der Waals surface area contributed by atoms with E-state index in [2.05, 4.69) is 37.1 Å². The molecule has 2 nitrogen and oxygen atoms in total. The summed E-state index contributed by atoms with van der Waals surface area (Å²) in [5, 5.41) is 5.60. The highest BCUT2D eigenvalue weighted by Crippen LogP contribution is 2.32. The van der Waals surface area contributed by atoms with Crippen LogP contribution >= 0.6 is 23.2 Å². The molecule has 0 spiro atoms. The van der Waals surface area contributed by atoms with Crippen LogP contribution in [0, 0.1) is 0 Å². The summed E-state index contributed by atoms with van der Waals surface area (Å²) < 4.78 is 0. The van der Waals surface area contributed by atoms with Gasteiger partial charge in [0.1, 0.15) is 5.82 Å². The van der Waals surface area contributed by atoms with Crippen LogP contribution in [0.2, 0.25) is 10.0 Å². The van der Waals surface area contributed by atoms with Crippen LogP contribution in [0.3, 0.4) is 0 Å². The van der Waals surface area contributed by atoms with Crippen molar-refractivity contribution in [3.8, 4) is 0 Å². The lowest BCUT2D eigenvalue weighted by Crippen LogP contribution is -2.06. The molecule has 0 amide bonds. The van der Waals surface area contributed by atoms with Crippen LogP contribution in [0.4, 0.5) is 5.82 Å². The van der Waals surface area contributed by atoms with E-state index < -0.39 is 0 Å². The van der Waals surface area contributed by atoms with Gasteiger partial charge in [-0.3, -0.25) is 0 Å². The summed E-state index contributed by atoms with van der Waals surface area (Å²) in [6, 6.07) is 5.73. The van der Waals surface area contributed by atoms with Crippen LogP contribution in [0.5, 0.6) is 0 Å². The van der Waals surface area contributed by atoms with Crippen molar-refractivity contribution in [3.63, 3.8) is 0 Å². The third kappa shape index (κ3) is 3.13. The summed E-state index contributed by atoms with van der Waals surface area (Å²) in [7, 11) is 0. The van der Waals surface area contributed by atoms with Gasteiger partial charge in [-0.05, 0) is 36.1 Å². The highest BCUT2D eigenvalue weighted by atomic mass is 35.5. The van der Waals surface area contributed by atoms with Crippen LogP contribution in [0.15, 0.2) is 18.2 Å². The number of fused-ring (bicyclic) bond motifs is 1. The van der Waals surface area contributed by atoms with Crippen LogP contribution in [0.25, 0.3) is 10.9 Å². The van der Waals surface area contributed by atoms with Gasteiger partial charge in [-0.2, -0.15) is 0 Å². The Kier molecular flexibility index (Phi) is 4.54. The zero-order valence-corrected chi connectivity index (χ0v) is 12.9. The van der Waals surface area contributed by atoms with Crippen LogP contribution < -0.4 is 5.32 Å². The molecule has 19 heavy (non-hydrogen) atoms. The first kappa shape index (κ1) is 14.4. The number of nitrogens with one attached hydrogen (secondary N) is 1. The fraction of sp³-hybridized carbons (Fsp3) is 0.400. The topological polar surface area (TPSA) is 24.9 Å². The number of nitrogens with zero attached hydrogens (tertiary/aromatic N) is 1. The molecule has 0 aliphatic carbocycles. The molecule has 0 aliphatic heterocycles. The number of pyridine rings is 1. The Balaban J connectivity index is 2.62. The van der Waals surface area contributed by atoms with Crippen molar-refractivity contribution in [1.29, 1.82) is 0 Å². The smallest absolute Gasteiger partial charge is 0.130 e. The zero-order valence-electron chi connectivity index (χ0n) is 11.4. The van der Waals surface area contributed by atoms with E-state index in [4.69, 9.17) is 23.2 Å². The summed E-state index contributed by atoms with van der Waals surface area (Å²) in [4.78, 5) is 4.68. The molecule has 0 saturated heterocycles. The van der Waals surface area contributed by atoms with E-state index in [9.17, 15) is 0 Å². The maximum Gasteiger partial charge on any atom is 0.130 e. The second-order valence-corrected chi connectivity index (χ2v) is 5.81. The van der Waals surface area contributed by atoms with Crippen LogP contribution in [0.1, 0.15) is 38.7 Å². The van der Waals surface area contributed by atoms with E-state index >= 15 is 0 Å². The van der Waals surface area contributed by atoms with Gasteiger partial charge in [-0.15, -0.1) is 0 Å². The van der Waals surface area contributed by atoms with Gasteiger partial charge in [0.15, 0.2) is 0 Å². The molecule has 0 bridgehead atoms. The number of halogens is 2. The third-order valence-corrected chi connectivity index (χ3v) is 3.57. The maximum atomic E-state index is 6.25. The molecule has 0 saturated carbocycles. The zero-order chi connectivity index (χ0) is 14.0. The molecule has 1 heterocycles. The Morgan fingerprint density at radius 2 is 1.95 bits per heavy atom. The van der Waals surface area contributed by atoms with Gasteiger partial charge in [0.25, 0.3) is 0 Å². The van der Waals surface area contributed by atoms with E-state index in [0.29, 0.717) is 16.0 Å². The van der Waals surface area contributed by atoms with Gasteiger partial charge >= 0.3 is 0 Å². The van der Waals surface area contributed by atoms with Gasteiger partial charge in [-0.1, -0.05) is 44.0 Å². The number of hydrogen-bond donors (Lipinski definition) is 1. The minimum atomic E-state index is 0.392. The maximum absolute atomic E-state index is 6.25. The lowest BCUT2D eigenvalue weighted by atomic mass is 10.0. The van der Waals surface area contributed by atoms with Gasteiger partial charge < -0.3 is 5.32 Å². The number of benzene rings is 1.